The van der Waals surface area contributed by atoms with Gasteiger partial charge in [0.25, 0.3) is 0 Å². The maximum Gasteiger partial charge on any atom is 0.0705 e. The Bertz CT molecular complexity index is 483. The molecular formula is C12H10BrN. The Labute approximate surface area is 91.3 Å². The minimum atomic E-state index is 0.246. The standard InChI is InChI=1S/C12H10BrN/c13-12(6-7-12)10-5-8-14-11-4-2-1-3-9(10)11/h1-5,8H,6-7H2. The van der Waals surface area contributed by atoms with Crippen molar-refractivity contribution >= 4 is 26.8 Å². The second-order valence-corrected chi connectivity index (χ2v) is 5.36. The first-order valence-corrected chi connectivity index (χ1v) is 5.62. The van der Waals surface area contributed by atoms with Gasteiger partial charge in [0.1, 0.15) is 0 Å². The zero-order valence-corrected chi connectivity index (χ0v) is 9.29. The monoisotopic (exact) mass is 247 g/mol. The SMILES string of the molecule is BrC1(c2ccnc3ccccc23)CC1. The molecule has 1 heterocycles. The number of alkyl halides is 1. The summed E-state index contributed by atoms with van der Waals surface area (Å²) in [4.78, 5) is 4.36. The average Bonchev–Trinajstić information content (AvgIpc) is 2.97. The first kappa shape index (κ1) is 8.42. The fraction of sp³-hybridized carbons (Fsp3) is 0.250. The average molecular weight is 248 g/mol. The molecule has 70 valence electrons. The number of benzene rings is 1. The molecule has 0 unspecified atom stereocenters. The number of para-hydroxylation sites is 1. The van der Waals surface area contributed by atoms with Gasteiger partial charge in [-0.15, -0.1) is 0 Å². The van der Waals surface area contributed by atoms with Gasteiger partial charge >= 0.3 is 0 Å². The zero-order valence-electron chi connectivity index (χ0n) is 7.70. The van der Waals surface area contributed by atoms with Gasteiger partial charge in [0.05, 0.1) is 9.84 Å². The molecule has 1 aromatic carbocycles. The number of aromatic nitrogens is 1. The van der Waals surface area contributed by atoms with Crippen molar-refractivity contribution in [2.75, 3.05) is 0 Å². The number of fused-ring (bicyclic) bond motifs is 1. The third kappa shape index (κ3) is 1.17. The summed E-state index contributed by atoms with van der Waals surface area (Å²) in [5, 5.41) is 1.28. The van der Waals surface area contributed by atoms with Gasteiger partial charge in [0, 0.05) is 11.6 Å². The van der Waals surface area contributed by atoms with E-state index in [1.165, 1.54) is 23.8 Å². The number of halogens is 1. The van der Waals surface area contributed by atoms with Crippen LogP contribution in [0.4, 0.5) is 0 Å². The molecule has 1 saturated carbocycles. The fourth-order valence-electron chi connectivity index (χ4n) is 1.87. The summed E-state index contributed by atoms with van der Waals surface area (Å²) in [7, 11) is 0. The van der Waals surface area contributed by atoms with Gasteiger partial charge in [-0.25, -0.2) is 0 Å². The number of nitrogens with zero attached hydrogens (tertiary/aromatic N) is 1. The van der Waals surface area contributed by atoms with E-state index < -0.39 is 0 Å². The Morgan fingerprint density at radius 1 is 1.14 bits per heavy atom. The summed E-state index contributed by atoms with van der Waals surface area (Å²) in [6.07, 6.45) is 4.38. The first-order chi connectivity index (χ1) is 6.80. The molecule has 1 fully saturated rings. The van der Waals surface area contributed by atoms with E-state index in [1.807, 2.05) is 12.3 Å². The molecule has 0 N–H and O–H groups in total. The van der Waals surface area contributed by atoms with Crippen LogP contribution < -0.4 is 0 Å². The second kappa shape index (κ2) is 2.80. The van der Waals surface area contributed by atoms with Gasteiger partial charge in [0.15, 0.2) is 0 Å². The smallest absolute Gasteiger partial charge is 0.0705 e. The quantitative estimate of drug-likeness (QED) is 0.702. The van der Waals surface area contributed by atoms with Crippen LogP contribution >= 0.6 is 15.9 Å². The van der Waals surface area contributed by atoms with Crippen molar-refractivity contribution in [3.05, 3.63) is 42.1 Å². The van der Waals surface area contributed by atoms with Crippen LogP contribution in [0, 0.1) is 0 Å². The Kier molecular flexibility index (Phi) is 1.68. The molecule has 1 aromatic heterocycles. The van der Waals surface area contributed by atoms with Crippen LogP contribution in [0.25, 0.3) is 10.9 Å². The summed E-state index contributed by atoms with van der Waals surface area (Å²) in [6, 6.07) is 10.5. The Morgan fingerprint density at radius 3 is 2.71 bits per heavy atom. The number of hydrogen-bond acceptors (Lipinski definition) is 1. The third-order valence-corrected chi connectivity index (χ3v) is 4.04. The molecule has 0 radical (unpaired) electrons. The topological polar surface area (TPSA) is 12.9 Å². The molecule has 0 atom stereocenters. The van der Waals surface area contributed by atoms with Crippen molar-refractivity contribution in [3.8, 4) is 0 Å². The number of pyridine rings is 1. The first-order valence-electron chi connectivity index (χ1n) is 4.83. The van der Waals surface area contributed by atoms with Crippen molar-refractivity contribution in [1.82, 2.24) is 4.98 Å². The van der Waals surface area contributed by atoms with E-state index in [1.54, 1.807) is 0 Å². The van der Waals surface area contributed by atoms with Crippen molar-refractivity contribution in [2.45, 2.75) is 17.2 Å². The molecule has 0 bridgehead atoms. The van der Waals surface area contributed by atoms with Crippen LogP contribution in [0.15, 0.2) is 36.5 Å². The van der Waals surface area contributed by atoms with Crippen LogP contribution in [0.2, 0.25) is 0 Å². The molecule has 2 heteroatoms. The largest absolute Gasteiger partial charge is 0.256 e. The molecule has 0 amide bonds. The van der Waals surface area contributed by atoms with Gasteiger partial charge in [-0.3, -0.25) is 4.98 Å². The molecule has 1 aliphatic rings. The maximum atomic E-state index is 4.36. The predicted molar refractivity (Wildman–Crippen MR) is 61.6 cm³/mol. The van der Waals surface area contributed by atoms with Crippen LogP contribution in [-0.4, -0.2) is 4.98 Å². The lowest BCUT2D eigenvalue weighted by atomic mass is 10.1. The summed E-state index contributed by atoms with van der Waals surface area (Å²) >= 11 is 3.79. The molecule has 0 aliphatic heterocycles. The molecule has 2 aromatic rings. The van der Waals surface area contributed by atoms with Crippen LogP contribution in [-0.2, 0) is 4.32 Å². The number of hydrogen-bond donors (Lipinski definition) is 0. The van der Waals surface area contributed by atoms with Crippen molar-refractivity contribution < 1.29 is 0 Å². The highest BCUT2D eigenvalue weighted by molar-refractivity contribution is 9.09. The van der Waals surface area contributed by atoms with Gasteiger partial charge in [0.2, 0.25) is 0 Å². The maximum absolute atomic E-state index is 4.36. The van der Waals surface area contributed by atoms with E-state index in [2.05, 4.69) is 45.2 Å². The van der Waals surface area contributed by atoms with Gasteiger partial charge < -0.3 is 0 Å². The molecule has 0 saturated heterocycles. The summed E-state index contributed by atoms with van der Waals surface area (Å²) in [5.41, 5.74) is 2.49. The molecule has 0 spiro atoms. The summed E-state index contributed by atoms with van der Waals surface area (Å²) < 4.78 is 0.246. The van der Waals surface area contributed by atoms with Gasteiger partial charge in [-0.1, -0.05) is 34.1 Å². The lowest BCUT2D eigenvalue weighted by Crippen LogP contribution is -1.97. The van der Waals surface area contributed by atoms with Crippen molar-refractivity contribution in [3.63, 3.8) is 0 Å². The fourth-order valence-corrected chi connectivity index (χ4v) is 2.41. The van der Waals surface area contributed by atoms with Gasteiger partial charge in [-0.05, 0) is 30.5 Å². The van der Waals surface area contributed by atoms with E-state index in [0.717, 1.165) is 5.52 Å². The lowest BCUT2D eigenvalue weighted by Gasteiger charge is -2.09. The Hall–Kier alpha value is -0.890. The number of rotatable bonds is 1. The lowest BCUT2D eigenvalue weighted by molar-refractivity contribution is 1.07. The minimum absolute atomic E-state index is 0.246. The van der Waals surface area contributed by atoms with Crippen molar-refractivity contribution in [2.24, 2.45) is 0 Å². The van der Waals surface area contributed by atoms with Crippen molar-refractivity contribution in [1.29, 1.82) is 0 Å². The Morgan fingerprint density at radius 2 is 1.93 bits per heavy atom. The highest BCUT2D eigenvalue weighted by Gasteiger charge is 2.42. The third-order valence-electron chi connectivity index (χ3n) is 2.82. The van der Waals surface area contributed by atoms with Crippen LogP contribution in [0.5, 0.6) is 0 Å². The highest BCUT2D eigenvalue weighted by atomic mass is 79.9. The molecule has 3 rings (SSSR count). The minimum Gasteiger partial charge on any atom is -0.256 e. The Balaban J connectivity index is 2.33. The molecular weight excluding hydrogens is 238 g/mol. The zero-order chi connectivity index (χ0) is 9.60. The summed E-state index contributed by atoms with van der Waals surface area (Å²) in [5.74, 6) is 0. The van der Waals surface area contributed by atoms with E-state index >= 15 is 0 Å². The van der Waals surface area contributed by atoms with E-state index in [9.17, 15) is 0 Å². The van der Waals surface area contributed by atoms with E-state index in [-0.39, 0.29) is 4.32 Å². The molecule has 1 aliphatic carbocycles. The van der Waals surface area contributed by atoms with Crippen LogP contribution in [0.1, 0.15) is 18.4 Å². The van der Waals surface area contributed by atoms with E-state index in [0.29, 0.717) is 0 Å². The summed E-state index contributed by atoms with van der Waals surface area (Å²) in [6.45, 7) is 0. The van der Waals surface area contributed by atoms with E-state index in [4.69, 9.17) is 0 Å². The molecule has 1 nitrogen and oxygen atoms in total. The predicted octanol–water partition coefficient (Wildman–Crippen LogP) is 3.62. The molecule has 14 heavy (non-hydrogen) atoms. The second-order valence-electron chi connectivity index (χ2n) is 3.84. The van der Waals surface area contributed by atoms with Gasteiger partial charge in [-0.2, -0.15) is 0 Å². The van der Waals surface area contributed by atoms with Crippen LogP contribution in [0.3, 0.4) is 0 Å². The highest BCUT2D eigenvalue weighted by Crippen LogP contribution is 2.55. The normalized spacial score (nSPS) is 18.4.